The highest BCUT2D eigenvalue weighted by molar-refractivity contribution is 5.18. The smallest absolute Gasteiger partial charge is 0.138 e. The lowest BCUT2D eigenvalue weighted by Gasteiger charge is -2.02. The number of aryl methyl sites for hydroxylation is 2. The summed E-state index contributed by atoms with van der Waals surface area (Å²) in [6.45, 7) is 0.468. The van der Waals surface area contributed by atoms with E-state index in [1.165, 1.54) is 23.1 Å². The van der Waals surface area contributed by atoms with Crippen LogP contribution in [0.25, 0.3) is 0 Å². The van der Waals surface area contributed by atoms with Crippen LogP contribution in [0.4, 0.5) is 8.78 Å². The number of aromatic nitrogens is 4. The van der Waals surface area contributed by atoms with Crippen molar-refractivity contribution in [3.05, 3.63) is 41.7 Å². The first-order valence-corrected chi connectivity index (χ1v) is 4.40. The Balaban J connectivity index is 2.05. The fourth-order valence-electron chi connectivity index (χ4n) is 1.24. The molecule has 0 saturated heterocycles. The van der Waals surface area contributed by atoms with Gasteiger partial charge in [-0.1, -0.05) is 6.07 Å². The summed E-state index contributed by atoms with van der Waals surface area (Å²) in [6.07, 6.45) is 1.87. The van der Waals surface area contributed by atoms with Crippen molar-refractivity contribution in [3.63, 3.8) is 0 Å². The molecular formula is C9H8F2N4. The van der Waals surface area contributed by atoms with E-state index in [9.17, 15) is 8.78 Å². The van der Waals surface area contributed by atoms with Crippen molar-refractivity contribution >= 4 is 0 Å². The number of nitrogens with zero attached hydrogens (tertiary/aromatic N) is 4. The molecule has 2 aromatic rings. The van der Waals surface area contributed by atoms with Gasteiger partial charge in [-0.3, -0.25) is 0 Å². The second kappa shape index (κ2) is 4.12. The van der Waals surface area contributed by atoms with E-state index in [-0.39, 0.29) is 0 Å². The van der Waals surface area contributed by atoms with Gasteiger partial charge in [-0.15, -0.1) is 5.10 Å². The Hall–Kier alpha value is -1.85. The van der Waals surface area contributed by atoms with Crippen molar-refractivity contribution in [3.8, 4) is 0 Å². The van der Waals surface area contributed by atoms with E-state index in [0.29, 0.717) is 18.5 Å². The van der Waals surface area contributed by atoms with E-state index < -0.39 is 11.6 Å². The molecule has 0 saturated carbocycles. The monoisotopic (exact) mass is 210 g/mol. The lowest BCUT2D eigenvalue weighted by molar-refractivity contribution is 0.546. The number of rotatable bonds is 3. The van der Waals surface area contributed by atoms with E-state index in [1.807, 2.05) is 0 Å². The molecule has 1 heterocycles. The molecule has 6 heteroatoms. The van der Waals surface area contributed by atoms with Crippen LogP contribution in [0.5, 0.6) is 0 Å². The maximum atomic E-state index is 13.2. The fraction of sp³-hybridized carbons (Fsp3) is 0.222. The summed E-state index contributed by atoms with van der Waals surface area (Å²) in [5, 5.41) is 10.5. The highest BCUT2D eigenvalue weighted by Gasteiger charge is 2.04. The van der Waals surface area contributed by atoms with Crippen molar-refractivity contribution in [1.82, 2.24) is 20.2 Å². The summed E-state index contributed by atoms with van der Waals surface area (Å²) in [6, 6.07) is 3.53. The molecule has 0 spiro atoms. The molecule has 2 rings (SSSR count). The van der Waals surface area contributed by atoms with Gasteiger partial charge in [0.15, 0.2) is 0 Å². The molecule has 0 fully saturated rings. The Labute approximate surface area is 84.5 Å². The molecule has 0 aliphatic carbocycles. The van der Waals surface area contributed by atoms with Gasteiger partial charge in [0.1, 0.15) is 18.0 Å². The first kappa shape index (κ1) is 9.70. The van der Waals surface area contributed by atoms with Gasteiger partial charge in [-0.25, -0.2) is 13.5 Å². The third-order valence-corrected chi connectivity index (χ3v) is 2.02. The molecule has 78 valence electrons. The number of halogens is 2. The zero-order valence-corrected chi connectivity index (χ0v) is 7.77. The summed E-state index contributed by atoms with van der Waals surface area (Å²) in [7, 11) is 0. The Morgan fingerprint density at radius 2 is 2.13 bits per heavy atom. The van der Waals surface area contributed by atoms with E-state index >= 15 is 0 Å². The quantitative estimate of drug-likeness (QED) is 0.764. The zero-order chi connectivity index (χ0) is 10.7. The van der Waals surface area contributed by atoms with Gasteiger partial charge in [0.2, 0.25) is 0 Å². The van der Waals surface area contributed by atoms with Crippen LogP contribution in [0.15, 0.2) is 24.5 Å². The molecule has 0 atom stereocenters. The van der Waals surface area contributed by atoms with Crippen LogP contribution < -0.4 is 0 Å². The average molecular weight is 210 g/mol. The minimum absolute atomic E-state index is 0.428. The maximum Gasteiger partial charge on any atom is 0.138 e. The van der Waals surface area contributed by atoms with Crippen LogP contribution >= 0.6 is 0 Å². The second-order valence-electron chi connectivity index (χ2n) is 3.06. The molecule has 0 bridgehead atoms. The van der Waals surface area contributed by atoms with Gasteiger partial charge >= 0.3 is 0 Å². The van der Waals surface area contributed by atoms with Crippen LogP contribution in [0.1, 0.15) is 5.56 Å². The third kappa shape index (κ3) is 2.34. The van der Waals surface area contributed by atoms with E-state index in [0.717, 1.165) is 6.07 Å². The molecule has 0 aliphatic rings. The highest BCUT2D eigenvalue weighted by atomic mass is 19.1. The number of hydrogen-bond acceptors (Lipinski definition) is 3. The van der Waals surface area contributed by atoms with Gasteiger partial charge in [0.25, 0.3) is 0 Å². The largest absolute Gasteiger partial charge is 0.232 e. The van der Waals surface area contributed by atoms with Gasteiger partial charge in [-0.05, 0) is 28.5 Å². The lowest BCUT2D eigenvalue weighted by atomic mass is 10.1. The van der Waals surface area contributed by atoms with Crippen molar-refractivity contribution in [1.29, 1.82) is 0 Å². The van der Waals surface area contributed by atoms with Crippen LogP contribution in [0.3, 0.4) is 0 Å². The lowest BCUT2D eigenvalue weighted by Crippen LogP contribution is -2.03. The number of benzene rings is 1. The molecule has 0 N–H and O–H groups in total. The summed E-state index contributed by atoms with van der Waals surface area (Å²) < 4.78 is 27.3. The van der Waals surface area contributed by atoms with Crippen molar-refractivity contribution in [2.75, 3.05) is 0 Å². The minimum atomic E-state index is -0.571. The van der Waals surface area contributed by atoms with Crippen LogP contribution in [-0.2, 0) is 13.0 Å². The van der Waals surface area contributed by atoms with Gasteiger partial charge in [-0.2, -0.15) is 0 Å². The Kier molecular flexibility index (Phi) is 2.66. The zero-order valence-electron chi connectivity index (χ0n) is 7.77. The SMILES string of the molecule is Fc1ccc(CCn2cnnn2)c(F)c1. The van der Waals surface area contributed by atoms with Crippen LogP contribution in [0.2, 0.25) is 0 Å². The molecule has 0 unspecified atom stereocenters. The molecule has 15 heavy (non-hydrogen) atoms. The summed E-state index contributed by atoms with van der Waals surface area (Å²) in [4.78, 5) is 0. The number of hydrogen-bond donors (Lipinski definition) is 0. The third-order valence-electron chi connectivity index (χ3n) is 2.02. The molecule has 4 nitrogen and oxygen atoms in total. The van der Waals surface area contributed by atoms with E-state index in [4.69, 9.17) is 0 Å². The fourth-order valence-corrected chi connectivity index (χ4v) is 1.24. The van der Waals surface area contributed by atoms with Crippen molar-refractivity contribution < 1.29 is 8.78 Å². The standard InChI is InChI=1S/C9H8F2N4/c10-8-2-1-7(9(11)5-8)3-4-15-6-12-13-14-15/h1-2,5-6H,3-4H2. The molecular weight excluding hydrogens is 202 g/mol. The Bertz CT molecular complexity index is 441. The normalized spacial score (nSPS) is 10.5. The first-order chi connectivity index (χ1) is 7.25. The van der Waals surface area contributed by atoms with Gasteiger partial charge in [0.05, 0.1) is 0 Å². The van der Waals surface area contributed by atoms with Gasteiger partial charge < -0.3 is 0 Å². The van der Waals surface area contributed by atoms with E-state index in [1.54, 1.807) is 0 Å². The number of tetrazole rings is 1. The Morgan fingerprint density at radius 1 is 1.27 bits per heavy atom. The minimum Gasteiger partial charge on any atom is -0.232 e. The second-order valence-corrected chi connectivity index (χ2v) is 3.06. The van der Waals surface area contributed by atoms with E-state index in [2.05, 4.69) is 15.5 Å². The van der Waals surface area contributed by atoms with Gasteiger partial charge in [0, 0.05) is 12.6 Å². The van der Waals surface area contributed by atoms with Crippen molar-refractivity contribution in [2.24, 2.45) is 0 Å². The Morgan fingerprint density at radius 3 is 2.80 bits per heavy atom. The topological polar surface area (TPSA) is 43.6 Å². The molecule has 0 amide bonds. The predicted octanol–water partition coefficient (Wildman–Crippen LogP) is 1.19. The van der Waals surface area contributed by atoms with Crippen LogP contribution in [-0.4, -0.2) is 20.2 Å². The predicted molar refractivity (Wildman–Crippen MR) is 47.9 cm³/mol. The first-order valence-electron chi connectivity index (χ1n) is 4.40. The molecule has 1 aromatic heterocycles. The molecule has 0 aliphatic heterocycles. The maximum absolute atomic E-state index is 13.2. The van der Waals surface area contributed by atoms with Crippen molar-refractivity contribution in [2.45, 2.75) is 13.0 Å². The highest BCUT2D eigenvalue weighted by Crippen LogP contribution is 2.10. The molecule has 1 aromatic carbocycles. The molecule has 0 radical (unpaired) electrons. The summed E-state index contributed by atoms with van der Waals surface area (Å²) >= 11 is 0. The summed E-state index contributed by atoms with van der Waals surface area (Å²) in [5.74, 6) is -1.11. The van der Waals surface area contributed by atoms with Crippen LogP contribution in [0, 0.1) is 11.6 Å². The average Bonchev–Trinajstić information content (AvgIpc) is 2.69. The summed E-state index contributed by atoms with van der Waals surface area (Å²) in [5.41, 5.74) is 0.451.